The topological polar surface area (TPSA) is 0 Å². The van der Waals surface area contributed by atoms with E-state index in [0.29, 0.717) is 0 Å². The second-order valence-electron chi connectivity index (χ2n) is 18.5. The van der Waals surface area contributed by atoms with Gasteiger partial charge in [0.15, 0.2) is 0 Å². The van der Waals surface area contributed by atoms with Crippen molar-refractivity contribution in [2.45, 2.75) is 58.2 Å². The van der Waals surface area contributed by atoms with Crippen LogP contribution in [0, 0.1) is 0 Å². The van der Waals surface area contributed by atoms with E-state index < -0.39 is 8.07 Å². The molecular weight excluding hydrogens is 689 g/mol. The third kappa shape index (κ3) is 4.52. The minimum atomic E-state index is -1.80. The van der Waals surface area contributed by atoms with Crippen molar-refractivity contribution in [2.24, 2.45) is 0 Å². The van der Waals surface area contributed by atoms with Gasteiger partial charge in [0, 0.05) is 10.8 Å². The molecule has 0 N–H and O–H groups in total. The number of benzene rings is 9. The molecule has 0 bridgehead atoms. The van der Waals surface area contributed by atoms with Crippen LogP contribution >= 0.6 is 0 Å². The van der Waals surface area contributed by atoms with Crippen molar-refractivity contribution < 1.29 is 0 Å². The molecule has 0 aromatic heterocycles. The highest BCUT2D eigenvalue weighted by molar-refractivity contribution is 6.90. The van der Waals surface area contributed by atoms with E-state index in [0.717, 1.165) is 0 Å². The van der Waals surface area contributed by atoms with Crippen LogP contribution in [0.15, 0.2) is 152 Å². The Kier molecular flexibility index (Phi) is 6.83. The molecule has 0 fully saturated rings. The van der Waals surface area contributed by atoms with Crippen molar-refractivity contribution in [2.75, 3.05) is 0 Å². The minimum absolute atomic E-state index is 0.0569. The zero-order valence-electron chi connectivity index (χ0n) is 33.4. The summed E-state index contributed by atoms with van der Waals surface area (Å²) >= 11 is 0. The van der Waals surface area contributed by atoms with Gasteiger partial charge in [-0.2, -0.15) is 0 Å². The van der Waals surface area contributed by atoms with Crippen LogP contribution < -0.4 is 5.19 Å². The van der Waals surface area contributed by atoms with Gasteiger partial charge in [0.1, 0.15) is 0 Å². The van der Waals surface area contributed by atoms with Gasteiger partial charge >= 0.3 is 0 Å². The van der Waals surface area contributed by atoms with Crippen molar-refractivity contribution in [3.63, 3.8) is 0 Å². The highest BCUT2D eigenvalue weighted by Crippen LogP contribution is 2.53. The lowest BCUT2D eigenvalue weighted by Crippen LogP contribution is -2.38. The first-order valence-electron chi connectivity index (χ1n) is 20.3. The molecule has 0 atom stereocenters. The Labute approximate surface area is 331 Å². The minimum Gasteiger partial charge on any atom is -0.0656 e. The lowest BCUT2D eigenvalue weighted by molar-refractivity contribution is 0.660. The van der Waals surface area contributed by atoms with Crippen LogP contribution in [0.25, 0.3) is 88.0 Å². The highest BCUT2D eigenvalue weighted by Gasteiger charge is 2.37. The molecule has 0 radical (unpaired) electrons. The Morgan fingerprint density at radius 2 is 0.732 bits per heavy atom. The number of rotatable bonds is 4. The Balaban J connectivity index is 1.23. The molecule has 1 heteroatoms. The second-order valence-corrected chi connectivity index (χ2v) is 23.5. The molecule has 2 aliphatic rings. The van der Waals surface area contributed by atoms with Crippen LogP contribution in [0.4, 0.5) is 0 Å². The smallest absolute Gasteiger partial charge is 0.0656 e. The predicted molar refractivity (Wildman–Crippen MR) is 245 cm³/mol. The molecule has 9 aromatic rings. The van der Waals surface area contributed by atoms with Crippen LogP contribution in [0.3, 0.4) is 0 Å². The third-order valence-corrected chi connectivity index (χ3v) is 15.6. The van der Waals surface area contributed by atoms with Gasteiger partial charge in [-0.05, 0) is 128 Å². The van der Waals surface area contributed by atoms with Gasteiger partial charge in [-0.15, -0.1) is 0 Å². The van der Waals surface area contributed by atoms with E-state index in [4.69, 9.17) is 0 Å². The van der Waals surface area contributed by atoms with Gasteiger partial charge in [-0.3, -0.25) is 0 Å². The number of hydrogen-bond acceptors (Lipinski definition) is 0. The predicted octanol–water partition coefficient (Wildman–Crippen LogP) is 14.7. The van der Waals surface area contributed by atoms with E-state index in [1.807, 2.05) is 0 Å². The molecule has 0 saturated heterocycles. The van der Waals surface area contributed by atoms with E-state index in [1.54, 1.807) is 0 Å². The zero-order chi connectivity index (χ0) is 38.3. The van der Waals surface area contributed by atoms with E-state index in [2.05, 4.69) is 199 Å². The summed E-state index contributed by atoms with van der Waals surface area (Å²) in [4.78, 5) is 0. The summed E-state index contributed by atoms with van der Waals surface area (Å²) in [6, 6.07) is 58.4. The molecule has 56 heavy (non-hydrogen) atoms. The lowest BCUT2D eigenvalue weighted by Gasteiger charge is -2.26. The molecule has 0 amide bonds. The summed E-state index contributed by atoms with van der Waals surface area (Å²) < 4.78 is 0. The van der Waals surface area contributed by atoms with Crippen LogP contribution in [0.1, 0.15) is 49.9 Å². The van der Waals surface area contributed by atoms with Crippen LogP contribution in [0.5, 0.6) is 0 Å². The Bertz CT molecular complexity index is 3100. The van der Waals surface area contributed by atoms with Crippen LogP contribution in [-0.2, 0) is 10.8 Å². The fourth-order valence-electron chi connectivity index (χ4n) is 10.7. The normalized spacial score (nSPS) is 15.0. The first-order valence-corrected chi connectivity index (χ1v) is 23.8. The molecule has 0 heterocycles. The first-order chi connectivity index (χ1) is 26.9. The molecule has 0 nitrogen and oxygen atoms in total. The fourth-order valence-corrected chi connectivity index (χ4v) is 12.3. The van der Waals surface area contributed by atoms with Crippen molar-refractivity contribution in [1.82, 2.24) is 0 Å². The quantitative estimate of drug-likeness (QED) is 0.125. The Hall–Kier alpha value is -5.76. The SMILES string of the molecule is CC1(C)c2ccccc2-c2ccc(-c3cc(-c4ccccc4)c4ccc5c(-c6ccc7c(c6)C(C)(C)c6ccccc6-7)cc([Si](C)(C)C)c6ccc3c4c56)cc21. The largest absolute Gasteiger partial charge is 0.0784 e. The summed E-state index contributed by atoms with van der Waals surface area (Å²) in [5, 5.41) is 9.73. The molecule has 0 saturated carbocycles. The van der Waals surface area contributed by atoms with Gasteiger partial charge in [-0.25, -0.2) is 0 Å². The van der Waals surface area contributed by atoms with E-state index >= 15 is 0 Å². The molecule has 11 rings (SSSR count). The molecule has 9 aromatic carbocycles. The van der Waals surface area contributed by atoms with Gasteiger partial charge in [-0.1, -0.05) is 186 Å². The molecule has 2 aliphatic carbocycles. The maximum absolute atomic E-state index is 2.57. The average molecular weight is 735 g/mol. The van der Waals surface area contributed by atoms with Crippen LogP contribution in [-0.4, -0.2) is 8.07 Å². The summed E-state index contributed by atoms with van der Waals surface area (Å²) in [5.74, 6) is 0. The van der Waals surface area contributed by atoms with Crippen molar-refractivity contribution in [3.8, 4) is 55.6 Å². The number of hydrogen-bond donors (Lipinski definition) is 0. The Morgan fingerprint density at radius 3 is 1.25 bits per heavy atom. The summed E-state index contributed by atoms with van der Waals surface area (Å²) in [5.41, 5.74) is 18.8. The third-order valence-electron chi connectivity index (χ3n) is 13.6. The zero-order valence-corrected chi connectivity index (χ0v) is 34.4. The fraction of sp³-hybridized carbons (Fsp3) is 0.164. The monoisotopic (exact) mass is 734 g/mol. The van der Waals surface area contributed by atoms with Gasteiger partial charge in [0.05, 0.1) is 8.07 Å². The van der Waals surface area contributed by atoms with E-state index in [9.17, 15) is 0 Å². The molecule has 270 valence electrons. The summed E-state index contributed by atoms with van der Waals surface area (Å²) in [7, 11) is -1.80. The summed E-state index contributed by atoms with van der Waals surface area (Å²) in [6.07, 6.45) is 0. The highest BCUT2D eigenvalue weighted by atomic mass is 28.3. The van der Waals surface area contributed by atoms with Crippen LogP contribution in [0.2, 0.25) is 19.6 Å². The van der Waals surface area contributed by atoms with Gasteiger partial charge < -0.3 is 0 Å². The van der Waals surface area contributed by atoms with E-state index in [1.165, 1.54) is 115 Å². The molecular formula is C55H46Si. The number of fused-ring (bicyclic) bond motifs is 6. The summed E-state index contributed by atoms with van der Waals surface area (Å²) in [6.45, 7) is 17.1. The first kappa shape index (κ1) is 33.6. The molecule has 0 aliphatic heterocycles. The Morgan fingerprint density at radius 1 is 0.321 bits per heavy atom. The van der Waals surface area contributed by atoms with E-state index in [-0.39, 0.29) is 10.8 Å². The average Bonchev–Trinajstić information content (AvgIpc) is 3.58. The van der Waals surface area contributed by atoms with Gasteiger partial charge in [0.25, 0.3) is 0 Å². The molecule has 0 spiro atoms. The van der Waals surface area contributed by atoms with Crippen molar-refractivity contribution >= 4 is 45.6 Å². The van der Waals surface area contributed by atoms with Crippen molar-refractivity contribution in [3.05, 3.63) is 174 Å². The standard InChI is InChI=1S/C55H46Si/c1-54(2)47-19-13-11-17-36(47)38-23-21-34(29-49(38)54)45-31-44(33-15-9-8-10-16-33)40-25-26-42-46(32-51(56(5,6)7)43-28-27-41(45)52(40)53(42)43)35-22-24-39-37-18-12-14-20-48(37)55(3,4)50(39)30-35/h8-32H,1-7H3. The maximum Gasteiger partial charge on any atom is 0.0784 e. The second kappa shape index (κ2) is 11.4. The van der Waals surface area contributed by atoms with Gasteiger partial charge in [0.2, 0.25) is 0 Å². The molecule has 0 unspecified atom stereocenters. The lowest BCUT2D eigenvalue weighted by atomic mass is 9.80. The van der Waals surface area contributed by atoms with Crippen molar-refractivity contribution in [1.29, 1.82) is 0 Å². The maximum atomic E-state index is 2.57.